The summed E-state index contributed by atoms with van der Waals surface area (Å²) < 4.78 is 5.24. The molecule has 0 fully saturated rings. The van der Waals surface area contributed by atoms with Crippen molar-refractivity contribution in [1.82, 2.24) is 0 Å². The molecule has 2 nitrogen and oxygen atoms in total. The summed E-state index contributed by atoms with van der Waals surface area (Å²) in [6.07, 6.45) is 0. The molecule has 0 aliphatic carbocycles. The van der Waals surface area contributed by atoms with E-state index in [-0.39, 0.29) is 0 Å². The lowest BCUT2D eigenvalue weighted by atomic mass is 10.1. The van der Waals surface area contributed by atoms with E-state index in [0.717, 1.165) is 16.9 Å². The van der Waals surface area contributed by atoms with E-state index in [0.29, 0.717) is 6.54 Å². The molecule has 0 unspecified atom stereocenters. The van der Waals surface area contributed by atoms with Gasteiger partial charge in [-0.15, -0.1) is 0 Å². The monoisotopic (exact) mass is 175 g/mol. The third kappa shape index (κ3) is 2.00. The molecular weight excluding hydrogens is 162 g/mol. The van der Waals surface area contributed by atoms with E-state index in [1.165, 1.54) is 5.56 Å². The molecule has 0 aromatic heterocycles. The molecule has 2 heteroatoms. The Balaban J connectivity index is 3.23. The molecule has 0 aliphatic heterocycles. The van der Waals surface area contributed by atoms with Gasteiger partial charge < -0.3 is 9.58 Å². The molecule has 0 atom stereocenters. The Kier molecular flexibility index (Phi) is 2.92. The first-order valence-electron chi connectivity index (χ1n) is 4.16. The molecule has 0 heterocycles. The molecular formula is C11H13NO. The number of rotatable bonds is 2. The van der Waals surface area contributed by atoms with Gasteiger partial charge in [0.2, 0.25) is 6.54 Å². The average Bonchev–Trinajstić information content (AvgIpc) is 2.04. The molecule has 1 aromatic rings. The fourth-order valence-corrected chi connectivity index (χ4v) is 1.54. The van der Waals surface area contributed by atoms with E-state index in [9.17, 15) is 0 Å². The first kappa shape index (κ1) is 9.60. The van der Waals surface area contributed by atoms with Gasteiger partial charge in [0.05, 0.1) is 12.7 Å². The van der Waals surface area contributed by atoms with Crippen molar-refractivity contribution >= 4 is 0 Å². The van der Waals surface area contributed by atoms with Crippen molar-refractivity contribution in [3.05, 3.63) is 40.2 Å². The molecule has 0 bridgehead atoms. The first-order chi connectivity index (χ1) is 6.19. The lowest BCUT2D eigenvalue weighted by molar-refractivity contribution is 0.407. The van der Waals surface area contributed by atoms with Gasteiger partial charge >= 0.3 is 0 Å². The van der Waals surface area contributed by atoms with Crippen molar-refractivity contribution in [1.29, 1.82) is 0 Å². The van der Waals surface area contributed by atoms with Gasteiger partial charge in [-0.2, -0.15) is 0 Å². The molecule has 0 radical (unpaired) electrons. The number of methoxy groups -OCH3 is 1. The number of ether oxygens (including phenoxy) is 1. The van der Waals surface area contributed by atoms with Crippen molar-refractivity contribution in [2.75, 3.05) is 7.11 Å². The van der Waals surface area contributed by atoms with Gasteiger partial charge in [0.15, 0.2) is 0 Å². The zero-order chi connectivity index (χ0) is 9.84. The van der Waals surface area contributed by atoms with Crippen molar-refractivity contribution in [2.45, 2.75) is 20.4 Å². The number of benzene rings is 1. The Hall–Kier alpha value is -1.49. The van der Waals surface area contributed by atoms with Gasteiger partial charge in [0, 0.05) is 0 Å². The Morgan fingerprint density at radius 3 is 2.62 bits per heavy atom. The van der Waals surface area contributed by atoms with E-state index >= 15 is 0 Å². The summed E-state index contributed by atoms with van der Waals surface area (Å²) in [4.78, 5) is 3.37. The maximum Gasteiger partial charge on any atom is 0.243 e. The summed E-state index contributed by atoms with van der Waals surface area (Å²) in [5, 5.41) is 0. The lowest BCUT2D eigenvalue weighted by Crippen LogP contribution is -1.94. The molecule has 0 saturated heterocycles. The summed E-state index contributed by atoms with van der Waals surface area (Å²) in [5.41, 5.74) is 3.26. The minimum absolute atomic E-state index is 0.395. The van der Waals surface area contributed by atoms with Crippen LogP contribution in [0, 0.1) is 20.4 Å². The SMILES string of the molecule is [C-]#[N+]Cc1cc(C)cc(C)c1OC. The Bertz CT molecular complexity index is 350. The maximum atomic E-state index is 6.82. The molecule has 0 amide bonds. The molecule has 0 spiro atoms. The third-order valence-corrected chi connectivity index (χ3v) is 1.95. The van der Waals surface area contributed by atoms with Gasteiger partial charge in [-0.1, -0.05) is 11.6 Å². The number of hydrogen-bond donors (Lipinski definition) is 0. The van der Waals surface area contributed by atoms with Crippen LogP contribution in [-0.2, 0) is 6.54 Å². The predicted octanol–water partition coefficient (Wildman–Crippen LogP) is 2.73. The van der Waals surface area contributed by atoms with Crippen LogP contribution in [0.2, 0.25) is 0 Å². The minimum Gasteiger partial charge on any atom is -0.496 e. The molecule has 1 rings (SSSR count). The fourth-order valence-electron chi connectivity index (χ4n) is 1.54. The largest absolute Gasteiger partial charge is 0.496 e. The standard InChI is InChI=1S/C11H13NO/c1-8-5-9(2)11(13-4)10(6-8)7-12-3/h5-6H,7H2,1-2,4H3. The Labute approximate surface area is 79.0 Å². The van der Waals surface area contributed by atoms with Crippen LogP contribution in [0.3, 0.4) is 0 Å². The van der Waals surface area contributed by atoms with Crippen molar-refractivity contribution in [2.24, 2.45) is 0 Å². The summed E-state index contributed by atoms with van der Waals surface area (Å²) >= 11 is 0. The van der Waals surface area contributed by atoms with Crippen LogP contribution >= 0.6 is 0 Å². The quantitative estimate of drug-likeness (QED) is 0.630. The van der Waals surface area contributed by atoms with E-state index < -0.39 is 0 Å². The summed E-state index contributed by atoms with van der Waals surface area (Å²) in [7, 11) is 1.64. The lowest BCUT2D eigenvalue weighted by Gasteiger charge is -2.08. The molecule has 0 aliphatic rings. The number of aryl methyl sites for hydroxylation is 2. The van der Waals surface area contributed by atoms with Crippen LogP contribution in [-0.4, -0.2) is 7.11 Å². The highest BCUT2D eigenvalue weighted by atomic mass is 16.5. The van der Waals surface area contributed by atoms with Crippen LogP contribution in [0.25, 0.3) is 4.85 Å². The van der Waals surface area contributed by atoms with Crippen molar-refractivity contribution < 1.29 is 4.74 Å². The van der Waals surface area contributed by atoms with Gasteiger partial charge in [0.1, 0.15) is 5.75 Å². The molecule has 13 heavy (non-hydrogen) atoms. The van der Waals surface area contributed by atoms with E-state index in [2.05, 4.69) is 10.9 Å². The van der Waals surface area contributed by atoms with Crippen LogP contribution < -0.4 is 4.74 Å². The van der Waals surface area contributed by atoms with E-state index in [4.69, 9.17) is 11.3 Å². The number of nitrogens with zero attached hydrogens (tertiary/aromatic N) is 1. The van der Waals surface area contributed by atoms with Crippen LogP contribution in [0.15, 0.2) is 12.1 Å². The highest BCUT2D eigenvalue weighted by molar-refractivity contribution is 5.44. The van der Waals surface area contributed by atoms with Crippen LogP contribution in [0.4, 0.5) is 0 Å². The summed E-state index contributed by atoms with van der Waals surface area (Å²) in [6.45, 7) is 11.2. The molecule has 68 valence electrons. The zero-order valence-electron chi connectivity index (χ0n) is 8.22. The average molecular weight is 175 g/mol. The maximum absolute atomic E-state index is 6.82. The molecule has 0 saturated carbocycles. The van der Waals surface area contributed by atoms with Crippen LogP contribution in [0.5, 0.6) is 5.75 Å². The number of hydrogen-bond acceptors (Lipinski definition) is 1. The Morgan fingerprint density at radius 2 is 2.08 bits per heavy atom. The van der Waals surface area contributed by atoms with Gasteiger partial charge in [-0.3, -0.25) is 0 Å². The fraction of sp³-hybridized carbons (Fsp3) is 0.364. The van der Waals surface area contributed by atoms with Crippen molar-refractivity contribution in [3.8, 4) is 5.75 Å². The highest BCUT2D eigenvalue weighted by Gasteiger charge is 2.08. The predicted molar refractivity (Wildman–Crippen MR) is 52.8 cm³/mol. The second-order valence-corrected chi connectivity index (χ2v) is 3.09. The third-order valence-electron chi connectivity index (χ3n) is 1.95. The van der Waals surface area contributed by atoms with E-state index in [1.807, 2.05) is 19.9 Å². The molecule has 1 aromatic carbocycles. The summed E-state index contributed by atoms with van der Waals surface area (Å²) in [5.74, 6) is 0.849. The zero-order valence-corrected chi connectivity index (χ0v) is 8.22. The first-order valence-corrected chi connectivity index (χ1v) is 4.16. The normalized spacial score (nSPS) is 9.38. The summed E-state index contributed by atoms with van der Waals surface area (Å²) in [6, 6.07) is 4.07. The van der Waals surface area contributed by atoms with Gasteiger partial charge in [0.25, 0.3) is 0 Å². The second-order valence-electron chi connectivity index (χ2n) is 3.09. The topological polar surface area (TPSA) is 13.6 Å². The van der Waals surface area contributed by atoms with Crippen molar-refractivity contribution in [3.63, 3.8) is 0 Å². The Morgan fingerprint density at radius 1 is 1.38 bits per heavy atom. The molecule has 0 N–H and O–H groups in total. The van der Waals surface area contributed by atoms with E-state index in [1.54, 1.807) is 7.11 Å². The second kappa shape index (κ2) is 3.95. The smallest absolute Gasteiger partial charge is 0.243 e. The van der Waals surface area contributed by atoms with Gasteiger partial charge in [-0.05, 0) is 25.5 Å². The minimum atomic E-state index is 0.395. The van der Waals surface area contributed by atoms with Crippen LogP contribution in [0.1, 0.15) is 16.7 Å². The van der Waals surface area contributed by atoms with Gasteiger partial charge in [-0.25, -0.2) is 6.57 Å². The highest BCUT2D eigenvalue weighted by Crippen LogP contribution is 2.25.